The maximum Gasteiger partial charge on any atom is 0.333 e. The smallest absolute Gasteiger partial charge is 0.333 e. The van der Waals surface area contributed by atoms with Gasteiger partial charge >= 0.3 is 5.92 Å². The average molecular weight is 347 g/mol. The summed E-state index contributed by atoms with van der Waals surface area (Å²) in [5.41, 5.74) is 0.0350. The van der Waals surface area contributed by atoms with Crippen LogP contribution in [-0.4, -0.2) is 44.5 Å². The molecule has 2 aliphatic carbocycles. The summed E-state index contributed by atoms with van der Waals surface area (Å²) in [6.07, 6.45) is 5.16. The highest BCUT2D eigenvalue weighted by molar-refractivity contribution is 5.41. The monoisotopic (exact) mass is 347 g/mol. The van der Waals surface area contributed by atoms with Gasteiger partial charge in [-0.2, -0.15) is 13.9 Å². The minimum Gasteiger partial charge on any atom is -0.396 e. The summed E-state index contributed by atoms with van der Waals surface area (Å²) in [5, 5.41) is 16.1. The molecule has 0 radical (unpaired) electrons. The Bertz CT molecular complexity index is 813. The standard InChI is InChI=1S/C17H19F2N5O/c18-17(19,14-5-12(22-23-14)10-1-2-10)13-3-4-20-15(21-13)24-8-16(9-25)6-11(24)7-16/h3-5,10-11,25H,1-2,6-9H2,(H,22,23). The second kappa shape index (κ2) is 4.97. The third kappa shape index (κ3) is 2.27. The first kappa shape index (κ1) is 15.2. The van der Waals surface area contributed by atoms with E-state index in [0.29, 0.717) is 18.4 Å². The van der Waals surface area contributed by atoms with Crippen molar-refractivity contribution in [1.82, 2.24) is 20.2 Å². The molecule has 8 heteroatoms. The van der Waals surface area contributed by atoms with E-state index in [1.54, 1.807) is 0 Å². The molecule has 4 aliphatic rings. The second-order valence-corrected chi connectivity index (χ2v) is 7.65. The van der Waals surface area contributed by atoms with E-state index in [-0.39, 0.29) is 29.5 Å². The van der Waals surface area contributed by atoms with Gasteiger partial charge in [0, 0.05) is 35.8 Å². The van der Waals surface area contributed by atoms with Gasteiger partial charge in [-0.1, -0.05) is 0 Å². The first-order valence-electron chi connectivity index (χ1n) is 8.65. The molecule has 0 spiro atoms. The van der Waals surface area contributed by atoms with Gasteiger partial charge in [-0.3, -0.25) is 5.10 Å². The molecule has 2 N–H and O–H groups in total. The van der Waals surface area contributed by atoms with Gasteiger partial charge in [0.15, 0.2) is 0 Å². The maximum atomic E-state index is 14.9. The van der Waals surface area contributed by atoms with Gasteiger partial charge in [0.05, 0.1) is 6.61 Å². The third-order valence-corrected chi connectivity index (χ3v) is 5.78. The zero-order valence-electron chi connectivity index (χ0n) is 13.6. The fourth-order valence-electron chi connectivity index (χ4n) is 4.09. The lowest BCUT2D eigenvalue weighted by atomic mass is 9.71. The van der Waals surface area contributed by atoms with E-state index in [0.717, 1.165) is 31.4 Å². The molecule has 0 amide bonds. The van der Waals surface area contributed by atoms with Crippen LogP contribution in [0.4, 0.5) is 14.7 Å². The van der Waals surface area contributed by atoms with E-state index in [1.807, 2.05) is 4.90 Å². The Labute approximate surface area is 143 Å². The van der Waals surface area contributed by atoms with Crippen LogP contribution in [0.1, 0.15) is 48.7 Å². The van der Waals surface area contributed by atoms with Crippen molar-refractivity contribution in [3.63, 3.8) is 0 Å². The van der Waals surface area contributed by atoms with Crippen molar-refractivity contribution in [3.8, 4) is 0 Å². The molecule has 4 heterocycles. The number of nitrogens with one attached hydrogen (secondary N) is 1. The molecule has 6 nitrogen and oxygen atoms in total. The summed E-state index contributed by atoms with van der Waals surface area (Å²) >= 11 is 0. The first-order chi connectivity index (χ1) is 12.0. The van der Waals surface area contributed by atoms with E-state index in [4.69, 9.17) is 0 Å². The Morgan fingerprint density at radius 1 is 1.32 bits per heavy atom. The average Bonchev–Trinajstić information content (AvgIpc) is 3.07. The zero-order valence-corrected chi connectivity index (χ0v) is 13.6. The molecule has 0 unspecified atom stereocenters. The largest absolute Gasteiger partial charge is 0.396 e. The molecular weight excluding hydrogens is 328 g/mol. The van der Waals surface area contributed by atoms with Crippen LogP contribution in [0.2, 0.25) is 0 Å². The lowest BCUT2D eigenvalue weighted by Crippen LogP contribution is -2.37. The van der Waals surface area contributed by atoms with Crippen LogP contribution in [0.25, 0.3) is 0 Å². The highest BCUT2D eigenvalue weighted by atomic mass is 19.3. The summed E-state index contributed by atoms with van der Waals surface area (Å²) in [6, 6.07) is 2.94. The van der Waals surface area contributed by atoms with Crippen LogP contribution in [-0.2, 0) is 5.92 Å². The molecule has 2 saturated carbocycles. The molecule has 132 valence electrons. The fraction of sp³-hybridized carbons (Fsp3) is 0.588. The highest BCUT2D eigenvalue weighted by Gasteiger charge is 2.55. The normalized spacial score (nSPS) is 28.3. The third-order valence-electron chi connectivity index (χ3n) is 5.78. The van der Waals surface area contributed by atoms with Crippen molar-refractivity contribution in [1.29, 1.82) is 0 Å². The predicted molar refractivity (Wildman–Crippen MR) is 85.5 cm³/mol. The predicted octanol–water partition coefficient (Wildman–Crippen LogP) is 2.18. The van der Waals surface area contributed by atoms with Gasteiger partial charge in [-0.25, -0.2) is 9.97 Å². The molecule has 2 saturated heterocycles. The number of nitrogens with zero attached hydrogens (tertiary/aromatic N) is 4. The van der Waals surface area contributed by atoms with Crippen molar-refractivity contribution in [2.45, 2.75) is 43.6 Å². The number of rotatable bonds is 5. The number of aliphatic hydroxyl groups is 1. The topological polar surface area (TPSA) is 77.9 Å². The number of fused-ring (bicyclic) bond motifs is 1. The van der Waals surface area contributed by atoms with Gasteiger partial charge in [-0.05, 0) is 37.8 Å². The number of aromatic nitrogens is 4. The molecule has 4 fully saturated rings. The molecule has 0 aromatic carbocycles. The molecular formula is C17H19F2N5O. The summed E-state index contributed by atoms with van der Waals surface area (Å²) in [4.78, 5) is 10.3. The van der Waals surface area contributed by atoms with Gasteiger partial charge in [0.1, 0.15) is 11.4 Å². The molecule has 2 aromatic heterocycles. The van der Waals surface area contributed by atoms with E-state index < -0.39 is 5.92 Å². The number of aliphatic hydroxyl groups excluding tert-OH is 1. The van der Waals surface area contributed by atoms with Gasteiger partial charge in [0.2, 0.25) is 5.95 Å². The summed E-state index contributed by atoms with van der Waals surface area (Å²) in [7, 11) is 0. The lowest BCUT2D eigenvalue weighted by molar-refractivity contribution is 0.0331. The number of hydrogen-bond donors (Lipinski definition) is 2. The minimum absolute atomic E-state index is 0.103. The summed E-state index contributed by atoms with van der Waals surface area (Å²) in [6.45, 7) is 0.741. The highest BCUT2D eigenvalue weighted by Crippen LogP contribution is 2.52. The quantitative estimate of drug-likeness (QED) is 0.867. The van der Waals surface area contributed by atoms with E-state index in [9.17, 15) is 13.9 Å². The van der Waals surface area contributed by atoms with Crippen LogP contribution >= 0.6 is 0 Å². The van der Waals surface area contributed by atoms with Crippen LogP contribution in [0.3, 0.4) is 0 Å². The van der Waals surface area contributed by atoms with Crippen LogP contribution < -0.4 is 4.90 Å². The summed E-state index contributed by atoms with van der Waals surface area (Å²) < 4.78 is 29.7. The Morgan fingerprint density at radius 3 is 2.80 bits per heavy atom. The molecule has 2 aliphatic heterocycles. The number of anilines is 1. The fourth-order valence-corrected chi connectivity index (χ4v) is 4.09. The van der Waals surface area contributed by atoms with E-state index >= 15 is 0 Å². The number of hydrogen-bond acceptors (Lipinski definition) is 5. The maximum absolute atomic E-state index is 14.9. The van der Waals surface area contributed by atoms with Gasteiger partial charge < -0.3 is 10.0 Å². The number of H-pyrrole nitrogens is 1. The van der Waals surface area contributed by atoms with Gasteiger partial charge in [0.25, 0.3) is 0 Å². The Hall–Kier alpha value is -2.09. The van der Waals surface area contributed by atoms with E-state index in [1.165, 1.54) is 18.3 Å². The lowest BCUT2D eigenvalue weighted by Gasteiger charge is -2.34. The number of aromatic amines is 1. The van der Waals surface area contributed by atoms with Crippen LogP contribution in [0, 0.1) is 5.41 Å². The summed E-state index contributed by atoms with van der Waals surface area (Å²) in [5.74, 6) is -2.62. The Balaban J connectivity index is 1.43. The molecule has 0 atom stereocenters. The van der Waals surface area contributed by atoms with E-state index in [2.05, 4.69) is 20.2 Å². The first-order valence-corrected chi connectivity index (χ1v) is 8.65. The second-order valence-electron chi connectivity index (χ2n) is 7.65. The van der Waals surface area contributed by atoms with Crippen LogP contribution in [0.15, 0.2) is 18.3 Å². The Morgan fingerprint density at radius 2 is 2.12 bits per heavy atom. The molecule has 2 aromatic rings. The molecule has 6 rings (SSSR count). The Kier molecular flexibility index (Phi) is 3.02. The number of halogens is 2. The molecule has 25 heavy (non-hydrogen) atoms. The number of alkyl halides is 2. The van der Waals surface area contributed by atoms with Crippen molar-refractivity contribution >= 4 is 5.95 Å². The van der Waals surface area contributed by atoms with Crippen molar-refractivity contribution < 1.29 is 13.9 Å². The van der Waals surface area contributed by atoms with Crippen molar-refractivity contribution in [2.75, 3.05) is 18.1 Å². The zero-order chi connectivity index (χ0) is 17.2. The molecule has 2 bridgehead atoms. The van der Waals surface area contributed by atoms with Crippen molar-refractivity contribution in [3.05, 3.63) is 35.4 Å². The van der Waals surface area contributed by atoms with Crippen LogP contribution in [0.5, 0.6) is 0 Å². The minimum atomic E-state index is -3.27. The van der Waals surface area contributed by atoms with Crippen molar-refractivity contribution in [2.24, 2.45) is 5.41 Å². The SMILES string of the molecule is OCC12CC(C1)N(c1nccc(C(F)(F)c3cc(C4CC4)[nH]n3)n1)C2. The van der Waals surface area contributed by atoms with Gasteiger partial charge in [-0.15, -0.1) is 0 Å².